The Morgan fingerprint density at radius 1 is 1.11 bits per heavy atom. The molecule has 1 N–H and O–H groups in total. The van der Waals surface area contributed by atoms with Gasteiger partial charge in [-0.25, -0.2) is 0 Å². The molecule has 27 heavy (non-hydrogen) atoms. The molecule has 0 unspecified atom stereocenters. The molecule has 0 bridgehead atoms. The van der Waals surface area contributed by atoms with E-state index in [1.165, 1.54) is 4.90 Å². The molecule has 6 heteroatoms. The smallest absolute Gasteiger partial charge is 0.276 e. The summed E-state index contributed by atoms with van der Waals surface area (Å²) in [7, 11) is 1.67. The van der Waals surface area contributed by atoms with Crippen molar-refractivity contribution in [2.45, 2.75) is 6.54 Å². The Balaban J connectivity index is 1.60. The summed E-state index contributed by atoms with van der Waals surface area (Å²) in [5, 5.41) is 4.48. The van der Waals surface area contributed by atoms with Crippen LogP contribution in [0.2, 0.25) is 0 Å². The van der Waals surface area contributed by atoms with Crippen LogP contribution in [0.4, 0.5) is 0 Å². The van der Waals surface area contributed by atoms with E-state index in [9.17, 15) is 4.79 Å². The van der Waals surface area contributed by atoms with E-state index in [1.807, 2.05) is 54.7 Å². The molecule has 1 saturated heterocycles. The first kappa shape index (κ1) is 17.3. The molecule has 2 heterocycles. The molecule has 0 saturated carbocycles. The van der Waals surface area contributed by atoms with Crippen molar-refractivity contribution in [1.29, 1.82) is 0 Å². The van der Waals surface area contributed by atoms with Gasteiger partial charge in [0.15, 0.2) is 5.11 Å². The molecule has 0 radical (unpaired) electrons. The predicted molar refractivity (Wildman–Crippen MR) is 110 cm³/mol. The highest BCUT2D eigenvalue weighted by atomic mass is 32.1. The number of nitrogens with one attached hydrogen (secondary N) is 1. The molecule has 1 amide bonds. The lowest BCUT2D eigenvalue weighted by Gasteiger charge is -2.08. The van der Waals surface area contributed by atoms with E-state index in [4.69, 9.17) is 17.0 Å². The van der Waals surface area contributed by atoms with Crippen molar-refractivity contribution < 1.29 is 9.53 Å². The van der Waals surface area contributed by atoms with Gasteiger partial charge in [0.1, 0.15) is 18.1 Å². The van der Waals surface area contributed by atoms with Crippen molar-refractivity contribution >= 4 is 40.2 Å². The molecule has 0 aliphatic carbocycles. The van der Waals surface area contributed by atoms with Crippen LogP contribution in [0.25, 0.3) is 17.0 Å². The minimum Gasteiger partial charge on any atom is -0.492 e. The number of carbonyl (C=O) groups excluding carboxylic acids is 1. The second-order valence-electron chi connectivity index (χ2n) is 6.31. The highest BCUT2D eigenvalue weighted by molar-refractivity contribution is 7.80. The number of amides is 1. The van der Waals surface area contributed by atoms with Crippen LogP contribution in [0.5, 0.6) is 5.75 Å². The summed E-state index contributed by atoms with van der Waals surface area (Å²) in [6.07, 6.45) is 3.90. The first-order valence-corrected chi connectivity index (χ1v) is 9.11. The Labute approximate surface area is 162 Å². The largest absolute Gasteiger partial charge is 0.492 e. The third kappa shape index (κ3) is 3.44. The van der Waals surface area contributed by atoms with Gasteiger partial charge in [0, 0.05) is 29.7 Å². The Hall–Kier alpha value is -3.12. The highest BCUT2D eigenvalue weighted by Gasteiger charge is 2.27. The van der Waals surface area contributed by atoms with Gasteiger partial charge in [-0.05, 0) is 36.5 Å². The summed E-state index contributed by atoms with van der Waals surface area (Å²) in [6.45, 7) is 1.26. The minimum absolute atomic E-state index is 0.121. The van der Waals surface area contributed by atoms with Crippen LogP contribution in [-0.2, 0) is 11.3 Å². The van der Waals surface area contributed by atoms with E-state index in [0.29, 0.717) is 24.0 Å². The zero-order valence-electron chi connectivity index (χ0n) is 14.9. The van der Waals surface area contributed by atoms with E-state index in [-0.39, 0.29) is 5.91 Å². The molecule has 136 valence electrons. The number of likely N-dealkylation sites (N-methyl/N-ethyl adjacent to an activating group) is 1. The lowest BCUT2D eigenvalue weighted by molar-refractivity contribution is -0.121. The maximum atomic E-state index is 12.3. The summed E-state index contributed by atoms with van der Waals surface area (Å²) >= 11 is 5.15. The van der Waals surface area contributed by atoms with Crippen molar-refractivity contribution in [3.05, 3.63) is 72.1 Å². The third-order valence-electron chi connectivity index (χ3n) is 4.54. The number of fused-ring (bicyclic) bond motifs is 1. The Kier molecular flexibility index (Phi) is 4.64. The average Bonchev–Trinajstić information content (AvgIpc) is 3.16. The predicted octanol–water partition coefficient (Wildman–Crippen LogP) is 3.41. The quantitative estimate of drug-likeness (QED) is 0.547. The molecule has 1 aliphatic heterocycles. The Morgan fingerprint density at radius 2 is 1.85 bits per heavy atom. The van der Waals surface area contributed by atoms with Gasteiger partial charge in [-0.3, -0.25) is 9.69 Å². The first-order chi connectivity index (χ1) is 13.1. The molecule has 2 aromatic carbocycles. The molecule has 3 aromatic rings. The maximum absolute atomic E-state index is 12.3. The molecular weight excluding hydrogens is 358 g/mol. The SMILES string of the molecule is CN1C(=O)/C(=C/c2cn(CCOc3ccccc3)c3ccccc23)NC1=S. The average molecular weight is 377 g/mol. The Morgan fingerprint density at radius 3 is 2.59 bits per heavy atom. The van der Waals surface area contributed by atoms with Crippen molar-refractivity contribution in [3.8, 4) is 5.75 Å². The lowest BCUT2D eigenvalue weighted by Crippen LogP contribution is -2.25. The number of para-hydroxylation sites is 2. The van der Waals surface area contributed by atoms with E-state index >= 15 is 0 Å². The van der Waals surface area contributed by atoms with Crippen molar-refractivity contribution in [2.24, 2.45) is 0 Å². The maximum Gasteiger partial charge on any atom is 0.276 e. The number of ether oxygens (including phenoxy) is 1. The third-order valence-corrected chi connectivity index (χ3v) is 4.92. The zero-order chi connectivity index (χ0) is 18.8. The fraction of sp³-hybridized carbons (Fsp3) is 0.143. The molecule has 0 atom stereocenters. The molecule has 0 spiro atoms. The molecular formula is C21H19N3O2S. The van der Waals surface area contributed by atoms with Gasteiger partial charge in [0.05, 0.1) is 6.54 Å². The van der Waals surface area contributed by atoms with Crippen LogP contribution in [0.1, 0.15) is 5.56 Å². The van der Waals surface area contributed by atoms with Gasteiger partial charge >= 0.3 is 0 Å². The normalized spacial score (nSPS) is 15.6. The lowest BCUT2D eigenvalue weighted by atomic mass is 10.1. The first-order valence-electron chi connectivity index (χ1n) is 8.70. The van der Waals surface area contributed by atoms with Crippen molar-refractivity contribution in [1.82, 2.24) is 14.8 Å². The summed E-state index contributed by atoms with van der Waals surface area (Å²) < 4.78 is 7.97. The van der Waals surface area contributed by atoms with Crippen LogP contribution in [0.15, 0.2) is 66.5 Å². The number of benzene rings is 2. The van der Waals surface area contributed by atoms with Crippen molar-refractivity contribution in [2.75, 3.05) is 13.7 Å². The van der Waals surface area contributed by atoms with Gasteiger partial charge in [-0.15, -0.1) is 0 Å². The fourth-order valence-electron chi connectivity index (χ4n) is 3.13. The highest BCUT2D eigenvalue weighted by Crippen LogP contribution is 2.24. The fourth-order valence-corrected chi connectivity index (χ4v) is 3.33. The molecule has 1 aliphatic rings. The standard InChI is InChI=1S/C21H19N3O2S/c1-23-20(25)18(22-21(23)27)13-15-14-24(19-10-6-5-9-17(15)19)11-12-26-16-7-3-2-4-8-16/h2-10,13-14H,11-12H2,1H3,(H,22,27)/b18-13-. The number of nitrogens with zero attached hydrogens (tertiary/aromatic N) is 2. The molecule has 1 aromatic heterocycles. The molecule has 4 rings (SSSR count). The number of aromatic nitrogens is 1. The van der Waals surface area contributed by atoms with Crippen molar-refractivity contribution in [3.63, 3.8) is 0 Å². The number of hydrogen-bond donors (Lipinski definition) is 1. The van der Waals surface area contributed by atoms with E-state index < -0.39 is 0 Å². The monoisotopic (exact) mass is 377 g/mol. The number of rotatable bonds is 5. The topological polar surface area (TPSA) is 46.5 Å². The molecule has 5 nitrogen and oxygen atoms in total. The summed E-state index contributed by atoms with van der Waals surface area (Å²) in [4.78, 5) is 13.7. The van der Waals surface area contributed by atoms with E-state index in [2.05, 4.69) is 22.0 Å². The van der Waals surface area contributed by atoms with Gasteiger partial charge in [0.2, 0.25) is 0 Å². The second-order valence-corrected chi connectivity index (χ2v) is 6.70. The van der Waals surface area contributed by atoms with Crippen LogP contribution in [0.3, 0.4) is 0 Å². The number of thiocarbonyl (C=S) groups is 1. The summed E-state index contributed by atoms with van der Waals surface area (Å²) in [5.41, 5.74) is 2.56. The van der Waals surface area contributed by atoms with Crippen LogP contribution < -0.4 is 10.1 Å². The van der Waals surface area contributed by atoms with Gasteiger partial charge in [-0.1, -0.05) is 36.4 Å². The van der Waals surface area contributed by atoms with Gasteiger partial charge in [0.25, 0.3) is 5.91 Å². The molecule has 1 fully saturated rings. The summed E-state index contributed by atoms with van der Waals surface area (Å²) in [6, 6.07) is 17.9. The van der Waals surface area contributed by atoms with E-state index in [0.717, 1.165) is 22.2 Å². The van der Waals surface area contributed by atoms with Crippen LogP contribution in [-0.4, -0.2) is 34.1 Å². The zero-order valence-corrected chi connectivity index (χ0v) is 15.7. The van der Waals surface area contributed by atoms with E-state index in [1.54, 1.807) is 7.05 Å². The number of carbonyl (C=O) groups is 1. The van der Waals surface area contributed by atoms with Gasteiger partial charge in [-0.2, -0.15) is 0 Å². The number of hydrogen-bond acceptors (Lipinski definition) is 3. The Bertz CT molecular complexity index is 1040. The summed E-state index contributed by atoms with van der Waals surface area (Å²) in [5.74, 6) is 0.734. The van der Waals surface area contributed by atoms with Gasteiger partial charge < -0.3 is 14.6 Å². The second kappa shape index (κ2) is 7.25. The van der Waals surface area contributed by atoms with Crippen LogP contribution >= 0.6 is 12.2 Å². The van der Waals surface area contributed by atoms with Crippen LogP contribution in [0, 0.1) is 0 Å². The minimum atomic E-state index is -0.121.